The lowest BCUT2D eigenvalue weighted by atomic mass is 10.0. The Kier molecular flexibility index (Phi) is 6.12. The third-order valence-corrected chi connectivity index (χ3v) is 4.97. The van der Waals surface area contributed by atoms with Crippen LogP contribution in [0.2, 0.25) is 0 Å². The summed E-state index contributed by atoms with van der Waals surface area (Å²) in [4.78, 5) is 39.8. The zero-order valence-corrected chi connectivity index (χ0v) is 16.1. The van der Waals surface area contributed by atoms with Crippen molar-refractivity contribution in [3.63, 3.8) is 0 Å². The molecule has 2 aromatic rings. The van der Waals surface area contributed by atoms with E-state index in [-0.39, 0.29) is 10.6 Å². The van der Waals surface area contributed by atoms with Gasteiger partial charge in [0.1, 0.15) is 0 Å². The fourth-order valence-corrected chi connectivity index (χ4v) is 3.39. The molecule has 9 heteroatoms. The highest BCUT2D eigenvalue weighted by atomic mass is 35.5. The lowest BCUT2D eigenvalue weighted by Crippen LogP contribution is -2.47. The van der Waals surface area contributed by atoms with E-state index in [0.717, 1.165) is 4.90 Å². The largest absolute Gasteiger partial charge is 0.328 e. The summed E-state index contributed by atoms with van der Waals surface area (Å²) >= 11 is 5.79. The molecule has 2 unspecified atom stereocenters. The molecular formula is C20H18ClF2N3O3. The number of alkyl halides is 2. The minimum Gasteiger partial charge on any atom is -0.328 e. The summed E-state index contributed by atoms with van der Waals surface area (Å²) in [6.07, 6.45) is 2.63. The number of carbonyl (C=O) groups is 2. The van der Waals surface area contributed by atoms with Gasteiger partial charge in [0.2, 0.25) is 0 Å². The summed E-state index contributed by atoms with van der Waals surface area (Å²) in [5.41, 5.74) is 0.220. The van der Waals surface area contributed by atoms with Crippen molar-refractivity contribution in [2.45, 2.75) is 25.4 Å². The number of fused-ring (bicyclic) bond motifs is 1. The average Bonchev–Trinajstić information content (AvgIpc) is 2.69. The number of nitrogens with one attached hydrogen (secondary N) is 2. The summed E-state index contributed by atoms with van der Waals surface area (Å²) < 4.78 is 26.4. The van der Waals surface area contributed by atoms with Crippen LogP contribution in [-0.4, -0.2) is 40.7 Å². The van der Waals surface area contributed by atoms with Crippen molar-refractivity contribution < 1.29 is 18.4 Å². The molecule has 0 saturated heterocycles. The van der Waals surface area contributed by atoms with Crippen LogP contribution in [0.25, 0.3) is 10.8 Å². The molecule has 1 aromatic carbocycles. The minimum absolute atomic E-state index is 0.0575. The average molecular weight is 422 g/mol. The van der Waals surface area contributed by atoms with Crippen LogP contribution in [0.1, 0.15) is 18.5 Å². The number of H-pyrrole nitrogens is 1. The number of allylic oxidation sites excluding steroid dienone is 2. The fraction of sp³-hybridized carbons (Fsp3) is 0.250. The number of ketones is 1. The number of carbonyl (C=O) groups excluding carboxylic acids is 2. The summed E-state index contributed by atoms with van der Waals surface area (Å²) in [5, 5.41) is 3.48. The second-order valence-corrected chi connectivity index (χ2v) is 6.96. The van der Waals surface area contributed by atoms with E-state index in [0.29, 0.717) is 16.3 Å². The highest BCUT2D eigenvalue weighted by Gasteiger charge is 2.28. The number of pyridine rings is 1. The van der Waals surface area contributed by atoms with E-state index in [9.17, 15) is 23.2 Å². The van der Waals surface area contributed by atoms with Crippen LogP contribution in [0.3, 0.4) is 0 Å². The number of rotatable bonds is 5. The number of aromatic amines is 1. The van der Waals surface area contributed by atoms with Gasteiger partial charge in [-0.3, -0.25) is 9.59 Å². The topological polar surface area (TPSA) is 82.3 Å². The molecule has 2 atom stereocenters. The van der Waals surface area contributed by atoms with Gasteiger partial charge in [-0.15, -0.1) is 0 Å². The standard InChI is InChI=1S/C20H18ClF2N3O3/c1-11(15-9-24-19(28)14-5-3-2-4-13(14)15)26(10-18(22)23)20(29)25-12-6-7-17(27)16(21)8-12/h2-9,11-12,18H,10H2,1H3,(H,24,28)(H,25,29). The first-order valence-electron chi connectivity index (χ1n) is 8.83. The highest BCUT2D eigenvalue weighted by molar-refractivity contribution is 6.44. The smallest absolute Gasteiger partial charge is 0.318 e. The Morgan fingerprint density at radius 2 is 1.97 bits per heavy atom. The van der Waals surface area contributed by atoms with Gasteiger partial charge < -0.3 is 15.2 Å². The maximum absolute atomic E-state index is 13.2. The number of hydrogen-bond acceptors (Lipinski definition) is 3. The maximum atomic E-state index is 13.2. The van der Waals surface area contributed by atoms with Gasteiger partial charge in [-0.25, -0.2) is 13.6 Å². The van der Waals surface area contributed by atoms with Gasteiger partial charge in [-0.1, -0.05) is 35.9 Å². The molecule has 2 amide bonds. The first-order chi connectivity index (χ1) is 13.8. The van der Waals surface area contributed by atoms with E-state index in [1.54, 1.807) is 31.2 Å². The van der Waals surface area contributed by atoms with Gasteiger partial charge >= 0.3 is 6.03 Å². The van der Waals surface area contributed by atoms with E-state index in [4.69, 9.17) is 11.6 Å². The molecular weight excluding hydrogens is 404 g/mol. The van der Waals surface area contributed by atoms with Crippen LogP contribution in [0.15, 0.2) is 58.5 Å². The van der Waals surface area contributed by atoms with Crippen LogP contribution in [0, 0.1) is 0 Å². The zero-order chi connectivity index (χ0) is 21.1. The summed E-state index contributed by atoms with van der Waals surface area (Å²) in [5.74, 6) is -0.394. The van der Waals surface area contributed by atoms with Crippen molar-refractivity contribution in [1.82, 2.24) is 15.2 Å². The Hall–Kier alpha value is -3.00. The van der Waals surface area contributed by atoms with Crippen LogP contribution in [0.4, 0.5) is 13.6 Å². The Morgan fingerprint density at radius 1 is 1.28 bits per heavy atom. The number of benzene rings is 1. The monoisotopic (exact) mass is 421 g/mol. The van der Waals surface area contributed by atoms with Crippen LogP contribution >= 0.6 is 11.6 Å². The molecule has 29 heavy (non-hydrogen) atoms. The molecule has 0 bridgehead atoms. The third-order valence-electron chi connectivity index (χ3n) is 4.66. The Bertz CT molecular complexity index is 1060. The van der Waals surface area contributed by atoms with E-state index in [1.807, 2.05) is 0 Å². The molecule has 6 nitrogen and oxygen atoms in total. The zero-order valence-electron chi connectivity index (χ0n) is 15.4. The van der Waals surface area contributed by atoms with Gasteiger partial charge in [0.05, 0.1) is 23.7 Å². The lowest BCUT2D eigenvalue weighted by Gasteiger charge is -2.31. The number of hydrogen-bond donors (Lipinski definition) is 2. The summed E-state index contributed by atoms with van der Waals surface area (Å²) in [7, 11) is 0. The number of urea groups is 1. The predicted octanol–water partition coefficient (Wildman–Crippen LogP) is 3.50. The SMILES string of the molecule is CC(c1c[nH]c(=O)c2ccccc12)N(CC(F)F)C(=O)NC1C=CC(=O)C(Cl)=C1. The molecule has 1 aliphatic rings. The normalized spacial score (nSPS) is 17.3. The van der Waals surface area contributed by atoms with Gasteiger partial charge in [0.25, 0.3) is 12.0 Å². The Balaban J connectivity index is 1.92. The molecule has 3 rings (SSSR count). The van der Waals surface area contributed by atoms with Crippen LogP contribution < -0.4 is 10.9 Å². The second kappa shape index (κ2) is 8.57. The number of aromatic nitrogens is 1. The maximum Gasteiger partial charge on any atom is 0.318 e. The molecule has 152 valence electrons. The van der Waals surface area contributed by atoms with Crippen molar-refractivity contribution in [2.75, 3.05) is 6.54 Å². The van der Waals surface area contributed by atoms with Crippen molar-refractivity contribution in [3.8, 4) is 0 Å². The van der Waals surface area contributed by atoms with Gasteiger partial charge in [-0.05, 0) is 36.1 Å². The van der Waals surface area contributed by atoms with E-state index in [1.165, 1.54) is 24.4 Å². The molecule has 1 aliphatic carbocycles. The Labute approximate surface area is 169 Å². The molecule has 0 saturated carbocycles. The van der Waals surface area contributed by atoms with Gasteiger partial charge in [0.15, 0.2) is 5.78 Å². The van der Waals surface area contributed by atoms with Gasteiger partial charge in [0, 0.05) is 11.6 Å². The molecule has 1 aromatic heterocycles. The highest BCUT2D eigenvalue weighted by Crippen LogP contribution is 2.27. The number of amides is 2. The molecule has 0 fully saturated rings. The molecule has 2 N–H and O–H groups in total. The first kappa shape index (κ1) is 20.7. The molecule has 0 aliphatic heterocycles. The predicted molar refractivity (Wildman–Crippen MR) is 106 cm³/mol. The Morgan fingerprint density at radius 3 is 2.62 bits per heavy atom. The number of nitrogens with zero attached hydrogens (tertiary/aromatic N) is 1. The molecule has 0 spiro atoms. The summed E-state index contributed by atoms with van der Waals surface area (Å²) in [6, 6.07) is 4.53. The van der Waals surface area contributed by atoms with Crippen molar-refractivity contribution in [3.05, 3.63) is 69.6 Å². The quantitative estimate of drug-likeness (QED) is 0.775. The van der Waals surface area contributed by atoms with Crippen molar-refractivity contribution in [1.29, 1.82) is 0 Å². The van der Waals surface area contributed by atoms with E-state index in [2.05, 4.69) is 10.3 Å². The summed E-state index contributed by atoms with van der Waals surface area (Å²) in [6.45, 7) is 0.790. The fourth-order valence-electron chi connectivity index (χ4n) is 3.19. The number of halogens is 3. The van der Waals surface area contributed by atoms with Crippen molar-refractivity contribution >= 4 is 34.2 Å². The first-order valence-corrected chi connectivity index (χ1v) is 9.21. The van der Waals surface area contributed by atoms with Crippen LogP contribution in [0.5, 0.6) is 0 Å². The van der Waals surface area contributed by atoms with Crippen LogP contribution in [-0.2, 0) is 4.79 Å². The lowest BCUT2D eigenvalue weighted by molar-refractivity contribution is -0.110. The van der Waals surface area contributed by atoms with E-state index < -0.39 is 36.9 Å². The minimum atomic E-state index is -2.76. The van der Waals surface area contributed by atoms with Gasteiger partial charge in [-0.2, -0.15) is 0 Å². The molecule has 0 radical (unpaired) electrons. The van der Waals surface area contributed by atoms with E-state index >= 15 is 0 Å². The molecule has 1 heterocycles. The van der Waals surface area contributed by atoms with Crippen molar-refractivity contribution in [2.24, 2.45) is 0 Å². The second-order valence-electron chi connectivity index (χ2n) is 6.55. The third kappa shape index (κ3) is 4.54.